The lowest BCUT2D eigenvalue weighted by Gasteiger charge is -2.38. The van der Waals surface area contributed by atoms with Gasteiger partial charge in [-0.15, -0.1) is 6.58 Å². The molecule has 1 heterocycles. The largest absolute Gasteiger partial charge is 0.356 e. The summed E-state index contributed by atoms with van der Waals surface area (Å²) in [6.07, 6.45) is 0.668. The highest BCUT2D eigenvalue weighted by Gasteiger charge is 2.39. The van der Waals surface area contributed by atoms with Crippen LogP contribution in [0.5, 0.6) is 0 Å². The lowest BCUT2D eigenvalue weighted by Crippen LogP contribution is -2.53. The third kappa shape index (κ3) is 3.28. The van der Waals surface area contributed by atoms with Gasteiger partial charge < -0.3 is 15.0 Å². The second-order valence-corrected chi connectivity index (χ2v) is 4.77. The van der Waals surface area contributed by atoms with Crippen molar-refractivity contribution in [3.63, 3.8) is 0 Å². The molecule has 21 heavy (non-hydrogen) atoms. The van der Waals surface area contributed by atoms with Crippen molar-refractivity contribution < 1.29 is 18.7 Å². The molecule has 1 aliphatic rings. The summed E-state index contributed by atoms with van der Waals surface area (Å²) in [4.78, 5) is 25.4. The van der Waals surface area contributed by atoms with Gasteiger partial charge in [-0.1, -0.05) is 18.2 Å². The zero-order valence-corrected chi connectivity index (χ0v) is 11.7. The Morgan fingerprint density at radius 2 is 2.38 bits per heavy atom. The van der Waals surface area contributed by atoms with E-state index < -0.39 is 18.0 Å². The third-order valence-electron chi connectivity index (χ3n) is 3.35. The van der Waals surface area contributed by atoms with Gasteiger partial charge in [0.25, 0.3) is 5.91 Å². The molecule has 1 aromatic rings. The van der Waals surface area contributed by atoms with Crippen molar-refractivity contribution in [1.29, 1.82) is 0 Å². The Hall–Kier alpha value is -2.21. The van der Waals surface area contributed by atoms with Gasteiger partial charge in [-0.2, -0.15) is 0 Å². The molecular formula is C15H17FN2O3. The number of nitrogens with one attached hydrogen (secondary N) is 1. The first-order valence-electron chi connectivity index (χ1n) is 6.56. The molecule has 2 atom stereocenters. The molecule has 112 valence electrons. The highest BCUT2D eigenvalue weighted by Crippen LogP contribution is 2.29. The number of likely N-dealkylation sites (N-methyl/N-ethyl adjacent to an activating group) is 1. The third-order valence-corrected chi connectivity index (χ3v) is 3.35. The molecule has 0 aromatic heterocycles. The predicted octanol–water partition coefficient (Wildman–Crippen LogP) is 1.03. The molecule has 0 aliphatic carbocycles. The summed E-state index contributed by atoms with van der Waals surface area (Å²) < 4.78 is 18.8. The molecule has 0 bridgehead atoms. The number of ether oxygens (including phenoxy) is 1. The molecule has 6 heteroatoms. The lowest BCUT2D eigenvalue weighted by atomic mass is 9.97. The number of halogens is 1. The maximum atomic E-state index is 13.4. The van der Waals surface area contributed by atoms with E-state index in [0.717, 1.165) is 0 Å². The van der Waals surface area contributed by atoms with Gasteiger partial charge in [-0.25, -0.2) is 4.39 Å². The van der Waals surface area contributed by atoms with Gasteiger partial charge in [0, 0.05) is 13.6 Å². The zero-order chi connectivity index (χ0) is 15.4. The number of carbonyl (C=O) groups excluding carboxylic acids is 2. The summed E-state index contributed by atoms with van der Waals surface area (Å²) in [6, 6.07) is 5.15. The quantitative estimate of drug-likeness (QED) is 0.843. The van der Waals surface area contributed by atoms with E-state index in [4.69, 9.17) is 4.74 Å². The van der Waals surface area contributed by atoms with Gasteiger partial charge in [0.2, 0.25) is 5.91 Å². The minimum atomic E-state index is -0.880. The maximum Gasteiger partial charge on any atom is 0.251 e. The first-order valence-corrected chi connectivity index (χ1v) is 6.56. The molecule has 2 rings (SSSR count). The Bertz CT molecular complexity index is 562. The van der Waals surface area contributed by atoms with E-state index in [9.17, 15) is 14.0 Å². The minimum absolute atomic E-state index is 0.172. The lowest BCUT2D eigenvalue weighted by molar-refractivity contribution is -0.162. The second-order valence-electron chi connectivity index (χ2n) is 4.77. The number of carbonyl (C=O) groups is 2. The Balaban J connectivity index is 2.31. The van der Waals surface area contributed by atoms with Crippen LogP contribution in [0.25, 0.3) is 0 Å². The van der Waals surface area contributed by atoms with Crippen LogP contribution in [0.3, 0.4) is 0 Å². The Morgan fingerprint density at radius 1 is 1.62 bits per heavy atom. The van der Waals surface area contributed by atoms with Gasteiger partial charge in [-0.05, 0) is 17.7 Å². The van der Waals surface area contributed by atoms with Crippen molar-refractivity contribution in [1.82, 2.24) is 10.2 Å². The van der Waals surface area contributed by atoms with Crippen molar-refractivity contribution in [2.75, 3.05) is 20.2 Å². The molecule has 0 radical (unpaired) electrons. The fourth-order valence-corrected chi connectivity index (χ4v) is 2.29. The fraction of sp³-hybridized carbons (Fsp3) is 0.333. The molecule has 0 spiro atoms. The molecular weight excluding hydrogens is 275 g/mol. The van der Waals surface area contributed by atoms with Crippen LogP contribution in [0.15, 0.2) is 36.9 Å². The van der Waals surface area contributed by atoms with Crippen LogP contribution < -0.4 is 5.32 Å². The summed E-state index contributed by atoms with van der Waals surface area (Å²) in [7, 11) is 1.58. The van der Waals surface area contributed by atoms with E-state index in [-0.39, 0.29) is 18.4 Å². The van der Waals surface area contributed by atoms with Crippen molar-refractivity contribution >= 4 is 11.8 Å². The molecule has 0 saturated carbocycles. The number of benzene rings is 1. The maximum absolute atomic E-state index is 13.4. The highest BCUT2D eigenvalue weighted by atomic mass is 19.1. The monoisotopic (exact) mass is 292 g/mol. The summed E-state index contributed by atoms with van der Waals surface area (Å²) in [5.41, 5.74) is 0.518. The first kappa shape index (κ1) is 15.2. The molecule has 2 amide bonds. The van der Waals surface area contributed by atoms with Crippen LogP contribution in [0, 0.1) is 5.82 Å². The second kappa shape index (κ2) is 6.49. The Kier molecular flexibility index (Phi) is 4.70. The first-order chi connectivity index (χ1) is 10.0. The Labute approximate surface area is 122 Å². The number of morpholine rings is 1. The Morgan fingerprint density at radius 3 is 3.05 bits per heavy atom. The van der Waals surface area contributed by atoms with Gasteiger partial charge in [0.15, 0.2) is 6.10 Å². The molecule has 1 N–H and O–H groups in total. The number of hydrogen-bond donors (Lipinski definition) is 1. The molecule has 5 nitrogen and oxygen atoms in total. The van der Waals surface area contributed by atoms with Crippen LogP contribution in [0.4, 0.5) is 4.39 Å². The summed E-state index contributed by atoms with van der Waals surface area (Å²) in [6.45, 7) is 3.65. The van der Waals surface area contributed by atoms with E-state index in [1.807, 2.05) is 0 Å². The highest BCUT2D eigenvalue weighted by molar-refractivity contribution is 5.86. The van der Waals surface area contributed by atoms with Gasteiger partial charge in [-0.3, -0.25) is 9.59 Å². The average molecular weight is 292 g/mol. The molecule has 1 aliphatic heterocycles. The number of amides is 2. The van der Waals surface area contributed by atoms with Crippen molar-refractivity contribution in [2.24, 2.45) is 0 Å². The summed E-state index contributed by atoms with van der Waals surface area (Å²) >= 11 is 0. The number of hydrogen-bond acceptors (Lipinski definition) is 3. The van der Waals surface area contributed by atoms with E-state index in [2.05, 4.69) is 11.9 Å². The molecule has 0 unspecified atom stereocenters. The van der Waals surface area contributed by atoms with Crippen molar-refractivity contribution in [3.8, 4) is 0 Å². The van der Waals surface area contributed by atoms with Crippen molar-refractivity contribution in [3.05, 3.63) is 48.3 Å². The zero-order valence-electron chi connectivity index (χ0n) is 11.7. The van der Waals surface area contributed by atoms with Crippen LogP contribution in [0.2, 0.25) is 0 Å². The molecule has 1 saturated heterocycles. The van der Waals surface area contributed by atoms with E-state index in [0.29, 0.717) is 12.1 Å². The fourth-order valence-electron chi connectivity index (χ4n) is 2.29. The van der Waals surface area contributed by atoms with Crippen LogP contribution >= 0.6 is 0 Å². The van der Waals surface area contributed by atoms with Gasteiger partial charge in [0.1, 0.15) is 12.4 Å². The van der Waals surface area contributed by atoms with Gasteiger partial charge >= 0.3 is 0 Å². The minimum Gasteiger partial charge on any atom is -0.356 e. The SMILES string of the molecule is C=CCNC(=O)[C@@H]1OCC(=O)N(C)[C@H]1c1cccc(F)c1. The van der Waals surface area contributed by atoms with E-state index in [1.165, 1.54) is 23.1 Å². The van der Waals surface area contributed by atoms with Gasteiger partial charge in [0.05, 0.1) is 6.04 Å². The van der Waals surface area contributed by atoms with Crippen LogP contribution in [-0.4, -0.2) is 43.0 Å². The molecule has 1 aromatic carbocycles. The summed E-state index contributed by atoms with van der Waals surface area (Å²) in [5.74, 6) is -1.04. The van der Waals surface area contributed by atoms with E-state index in [1.54, 1.807) is 19.2 Å². The predicted molar refractivity (Wildman–Crippen MR) is 74.9 cm³/mol. The standard InChI is InChI=1S/C15H17FN2O3/c1-3-7-17-15(20)14-13(18(2)12(19)9-21-14)10-5-4-6-11(16)8-10/h3-6,8,13-14H,1,7,9H2,2H3,(H,17,20)/t13-,14+/m0/s1. The van der Waals surface area contributed by atoms with Crippen molar-refractivity contribution in [2.45, 2.75) is 12.1 Å². The summed E-state index contributed by atoms with van der Waals surface area (Å²) in [5, 5.41) is 2.64. The number of nitrogens with zero attached hydrogens (tertiary/aromatic N) is 1. The van der Waals surface area contributed by atoms with E-state index >= 15 is 0 Å². The normalized spacial score (nSPS) is 22.0. The topological polar surface area (TPSA) is 58.6 Å². The average Bonchev–Trinajstić information content (AvgIpc) is 2.47. The smallest absolute Gasteiger partial charge is 0.251 e. The number of rotatable bonds is 4. The van der Waals surface area contributed by atoms with Crippen LogP contribution in [-0.2, 0) is 14.3 Å². The van der Waals surface area contributed by atoms with Crippen LogP contribution in [0.1, 0.15) is 11.6 Å². The molecule has 1 fully saturated rings.